The van der Waals surface area contributed by atoms with Gasteiger partial charge in [0.2, 0.25) is 0 Å². The van der Waals surface area contributed by atoms with E-state index in [2.05, 4.69) is 17.2 Å². The molecule has 0 spiro atoms. The van der Waals surface area contributed by atoms with Gasteiger partial charge in [-0.25, -0.2) is 9.78 Å². The normalized spacial score (nSPS) is 16.5. The summed E-state index contributed by atoms with van der Waals surface area (Å²) in [4.78, 5) is 15.2. The topological polar surface area (TPSA) is 62.2 Å². The zero-order valence-electron chi connectivity index (χ0n) is 10.0. The van der Waals surface area contributed by atoms with Gasteiger partial charge in [-0.15, -0.1) is 0 Å². The average Bonchev–Trinajstić information content (AvgIpc) is 3.12. The maximum Gasteiger partial charge on any atom is 0.339 e. The maximum absolute atomic E-state index is 11.0. The van der Waals surface area contributed by atoms with E-state index in [0.717, 1.165) is 18.8 Å². The lowest BCUT2D eigenvalue weighted by molar-refractivity contribution is 0.0697. The number of aromatic carboxylic acids is 1. The van der Waals surface area contributed by atoms with Gasteiger partial charge < -0.3 is 10.4 Å². The van der Waals surface area contributed by atoms with Gasteiger partial charge in [-0.05, 0) is 30.9 Å². The number of rotatable bonds is 6. The van der Waals surface area contributed by atoms with Crippen molar-refractivity contribution in [2.75, 3.05) is 5.32 Å². The third-order valence-electron chi connectivity index (χ3n) is 3.19. The predicted molar refractivity (Wildman–Crippen MR) is 66.2 cm³/mol. The minimum Gasteiger partial charge on any atom is -0.478 e. The summed E-state index contributed by atoms with van der Waals surface area (Å²) in [6.07, 6.45) is 6.36. The van der Waals surface area contributed by atoms with E-state index >= 15 is 0 Å². The fourth-order valence-electron chi connectivity index (χ4n) is 1.97. The number of pyridine rings is 1. The highest BCUT2D eigenvalue weighted by Gasteiger charge is 2.25. The van der Waals surface area contributed by atoms with Crippen LogP contribution in [0.4, 0.5) is 5.82 Å². The Hall–Kier alpha value is -1.58. The molecule has 1 aromatic heterocycles. The highest BCUT2D eigenvalue weighted by Crippen LogP contribution is 2.34. The predicted octanol–water partition coefficient (Wildman–Crippen LogP) is 2.77. The molecule has 4 nitrogen and oxygen atoms in total. The van der Waals surface area contributed by atoms with Crippen LogP contribution in [0.25, 0.3) is 0 Å². The van der Waals surface area contributed by atoms with E-state index in [9.17, 15) is 4.79 Å². The first-order chi connectivity index (χ1) is 8.20. The van der Waals surface area contributed by atoms with E-state index in [4.69, 9.17) is 5.11 Å². The molecular formula is C13H18N2O2. The third-order valence-corrected chi connectivity index (χ3v) is 3.19. The summed E-state index contributed by atoms with van der Waals surface area (Å²) < 4.78 is 0. The van der Waals surface area contributed by atoms with Gasteiger partial charge in [0.05, 0.1) is 0 Å². The van der Waals surface area contributed by atoms with Gasteiger partial charge in [0.1, 0.15) is 11.4 Å². The number of carboxylic acid groups (broad SMARTS) is 1. The van der Waals surface area contributed by atoms with E-state index < -0.39 is 5.97 Å². The van der Waals surface area contributed by atoms with Crippen molar-refractivity contribution in [2.45, 2.75) is 38.6 Å². The number of aromatic nitrogens is 1. The van der Waals surface area contributed by atoms with Gasteiger partial charge in [0.25, 0.3) is 0 Å². The number of hydrogen-bond donors (Lipinski definition) is 2. The second-order valence-corrected chi connectivity index (χ2v) is 4.63. The molecule has 1 aromatic rings. The molecular weight excluding hydrogens is 216 g/mol. The smallest absolute Gasteiger partial charge is 0.339 e. The number of nitrogens with one attached hydrogen (secondary N) is 1. The molecule has 0 saturated heterocycles. The molecule has 0 amide bonds. The zero-order valence-corrected chi connectivity index (χ0v) is 10.0. The quantitative estimate of drug-likeness (QED) is 0.794. The van der Waals surface area contributed by atoms with Gasteiger partial charge in [0.15, 0.2) is 0 Å². The van der Waals surface area contributed by atoms with Gasteiger partial charge in [-0.1, -0.05) is 19.8 Å². The second kappa shape index (κ2) is 5.17. The first-order valence-corrected chi connectivity index (χ1v) is 6.15. The van der Waals surface area contributed by atoms with Crippen LogP contribution in [-0.4, -0.2) is 22.1 Å². The molecule has 17 heavy (non-hydrogen) atoms. The Labute approximate surface area is 101 Å². The summed E-state index contributed by atoms with van der Waals surface area (Å²) in [5, 5.41) is 12.3. The zero-order chi connectivity index (χ0) is 12.3. The molecule has 0 bridgehead atoms. The van der Waals surface area contributed by atoms with Crippen molar-refractivity contribution < 1.29 is 9.90 Å². The van der Waals surface area contributed by atoms with Crippen LogP contribution in [-0.2, 0) is 0 Å². The number of hydrogen-bond acceptors (Lipinski definition) is 3. The SMILES string of the molecule is CCC(CC1CC1)Nc1ncccc1C(=O)O. The Kier molecular flexibility index (Phi) is 3.61. The van der Waals surface area contributed by atoms with Gasteiger partial charge in [-0.2, -0.15) is 0 Å². The third kappa shape index (κ3) is 3.19. The van der Waals surface area contributed by atoms with Crippen molar-refractivity contribution in [3.05, 3.63) is 23.9 Å². The minimum atomic E-state index is -0.929. The molecule has 1 fully saturated rings. The Morgan fingerprint density at radius 3 is 3.00 bits per heavy atom. The molecule has 1 heterocycles. The molecule has 92 valence electrons. The molecule has 0 radical (unpaired) electrons. The molecule has 1 aliphatic carbocycles. The van der Waals surface area contributed by atoms with E-state index in [0.29, 0.717) is 11.9 Å². The first kappa shape index (κ1) is 11.9. The Balaban J connectivity index is 2.07. The Bertz CT molecular complexity index is 402. The highest BCUT2D eigenvalue weighted by molar-refractivity contribution is 5.93. The fraction of sp³-hybridized carbons (Fsp3) is 0.538. The summed E-state index contributed by atoms with van der Waals surface area (Å²) in [5.74, 6) is 0.388. The van der Waals surface area contributed by atoms with Crippen molar-refractivity contribution in [1.29, 1.82) is 0 Å². The maximum atomic E-state index is 11.0. The van der Waals surface area contributed by atoms with E-state index in [1.54, 1.807) is 18.3 Å². The number of carboxylic acids is 1. The number of nitrogens with zero attached hydrogens (tertiary/aromatic N) is 1. The molecule has 1 saturated carbocycles. The lowest BCUT2D eigenvalue weighted by Gasteiger charge is -2.18. The molecule has 2 N–H and O–H groups in total. The summed E-state index contributed by atoms with van der Waals surface area (Å²) in [5.41, 5.74) is 0.252. The first-order valence-electron chi connectivity index (χ1n) is 6.15. The van der Waals surface area contributed by atoms with Crippen molar-refractivity contribution in [1.82, 2.24) is 4.98 Å². The molecule has 0 aliphatic heterocycles. The van der Waals surface area contributed by atoms with Crippen molar-refractivity contribution in [2.24, 2.45) is 5.92 Å². The molecule has 4 heteroatoms. The van der Waals surface area contributed by atoms with Crippen molar-refractivity contribution in [3.63, 3.8) is 0 Å². The van der Waals surface area contributed by atoms with Gasteiger partial charge in [-0.3, -0.25) is 0 Å². The van der Waals surface area contributed by atoms with Crippen LogP contribution in [0.5, 0.6) is 0 Å². The van der Waals surface area contributed by atoms with Crippen LogP contribution >= 0.6 is 0 Å². The monoisotopic (exact) mass is 234 g/mol. The minimum absolute atomic E-state index is 0.252. The molecule has 2 rings (SSSR count). The summed E-state index contributed by atoms with van der Waals surface area (Å²) in [7, 11) is 0. The van der Waals surface area contributed by atoms with Crippen LogP contribution in [0, 0.1) is 5.92 Å². The van der Waals surface area contributed by atoms with Crippen LogP contribution in [0.3, 0.4) is 0 Å². The largest absolute Gasteiger partial charge is 0.478 e. The van der Waals surface area contributed by atoms with Crippen molar-refractivity contribution >= 4 is 11.8 Å². The van der Waals surface area contributed by atoms with Crippen LogP contribution < -0.4 is 5.32 Å². The van der Waals surface area contributed by atoms with E-state index in [1.807, 2.05) is 0 Å². The molecule has 1 aliphatic rings. The summed E-state index contributed by atoms with van der Waals surface area (Å²) in [6.45, 7) is 2.11. The Morgan fingerprint density at radius 2 is 2.41 bits per heavy atom. The molecule has 0 aromatic carbocycles. The fourth-order valence-corrected chi connectivity index (χ4v) is 1.97. The van der Waals surface area contributed by atoms with E-state index in [-0.39, 0.29) is 5.56 Å². The van der Waals surface area contributed by atoms with Crippen LogP contribution in [0.2, 0.25) is 0 Å². The highest BCUT2D eigenvalue weighted by atomic mass is 16.4. The Morgan fingerprint density at radius 1 is 1.65 bits per heavy atom. The number of anilines is 1. The number of carbonyl (C=O) groups is 1. The van der Waals surface area contributed by atoms with Gasteiger partial charge in [0, 0.05) is 12.2 Å². The molecule has 1 unspecified atom stereocenters. The van der Waals surface area contributed by atoms with Crippen molar-refractivity contribution in [3.8, 4) is 0 Å². The van der Waals surface area contributed by atoms with E-state index in [1.165, 1.54) is 12.8 Å². The average molecular weight is 234 g/mol. The second-order valence-electron chi connectivity index (χ2n) is 4.63. The lowest BCUT2D eigenvalue weighted by atomic mass is 10.1. The van der Waals surface area contributed by atoms with Gasteiger partial charge >= 0.3 is 5.97 Å². The lowest BCUT2D eigenvalue weighted by Crippen LogP contribution is -2.21. The summed E-state index contributed by atoms with van der Waals surface area (Å²) in [6, 6.07) is 3.56. The van der Waals surface area contributed by atoms with Crippen LogP contribution in [0.15, 0.2) is 18.3 Å². The standard InChI is InChI=1S/C13H18N2O2/c1-2-10(8-9-5-6-9)15-12-11(13(16)17)4-3-7-14-12/h3-4,7,9-10H,2,5-6,8H2,1H3,(H,14,15)(H,16,17). The molecule has 1 atom stereocenters. The summed E-state index contributed by atoms with van der Waals surface area (Å²) >= 11 is 0. The van der Waals surface area contributed by atoms with Crippen LogP contribution in [0.1, 0.15) is 43.0 Å².